The molecule has 0 saturated carbocycles. The van der Waals surface area contributed by atoms with E-state index in [0.717, 1.165) is 12.1 Å². The number of ether oxygens (including phenoxy) is 1. The second kappa shape index (κ2) is 10.1. The van der Waals surface area contributed by atoms with Crippen LogP contribution in [0.15, 0.2) is 63.5 Å². The Morgan fingerprint density at radius 1 is 1.24 bits per heavy atom. The molecule has 0 radical (unpaired) electrons. The lowest BCUT2D eigenvalue weighted by Crippen LogP contribution is -2.23. The van der Waals surface area contributed by atoms with Gasteiger partial charge in [0, 0.05) is 19.5 Å². The Morgan fingerprint density at radius 3 is 2.62 bits per heavy atom. The molecule has 2 aromatic heterocycles. The van der Waals surface area contributed by atoms with Crippen LogP contribution in [0.4, 0.5) is 18.9 Å². The first-order chi connectivity index (χ1) is 15.9. The van der Waals surface area contributed by atoms with Gasteiger partial charge in [0.1, 0.15) is 18.1 Å². The van der Waals surface area contributed by atoms with Gasteiger partial charge in [-0.1, -0.05) is 23.2 Å². The predicted molar refractivity (Wildman–Crippen MR) is 121 cm³/mol. The maximum Gasteiger partial charge on any atom is 0.417 e. The largest absolute Gasteiger partial charge is 0.417 e. The summed E-state index contributed by atoms with van der Waals surface area (Å²) in [7, 11) is -3.22. The SMILES string of the molecule is COCN=C(c1ncc(Cl)cc1NS(=O)(=O)c1ccc(Cl)c(C(F)(F)F)c1)c1ccc[nH]c1=O. The molecule has 0 aliphatic carbocycles. The molecule has 2 N–H and O–H groups in total. The number of aromatic amines is 1. The zero-order chi connectivity index (χ0) is 25.1. The fourth-order valence-corrected chi connectivity index (χ4v) is 4.29. The highest BCUT2D eigenvalue weighted by Crippen LogP contribution is 2.36. The molecular weight excluding hydrogens is 520 g/mol. The molecule has 0 atom stereocenters. The van der Waals surface area contributed by atoms with Crippen LogP contribution in [0.1, 0.15) is 16.8 Å². The highest BCUT2D eigenvalue weighted by atomic mass is 35.5. The molecule has 0 unspecified atom stereocenters. The van der Waals surface area contributed by atoms with E-state index in [1.54, 1.807) is 0 Å². The van der Waals surface area contributed by atoms with E-state index in [9.17, 15) is 26.4 Å². The number of alkyl halides is 3. The monoisotopic (exact) mass is 534 g/mol. The van der Waals surface area contributed by atoms with Crippen molar-refractivity contribution in [2.75, 3.05) is 18.6 Å². The first kappa shape index (κ1) is 25.7. The fourth-order valence-electron chi connectivity index (χ4n) is 2.82. The zero-order valence-corrected chi connectivity index (χ0v) is 19.5. The van der Waals surface area contributed by atoms with Crippen LogP contribution in [0.2, 0.25) is 10.0 Å². The van der Waals surface area contributed by atoms with Crippen molar-refractivity contribution in [2.24, 2.45) is 4.99 Å². The van der Waals surface area contributed by atoms with Crippen molar-refractivity contribution in [3.8, 4) is 0 Å². The standard InChI is InChI=1S/C20H15Cl2F3N4O4S/c1-33-10-28-17(13-3-2-6-26-19(13)30)18-16(7-11(21)9-27-18)29-34(31,32)12-4-5-15(22)14(8-12)20(23,24)25/h2-9,29H,10H2,1H3,(H,26,30). The summed E-state index contributed by atoms with van der Waals surface area (Å²) in [6.07, 6.45) is -2.30. The predicted octanol–water partition coefficient (Wildman–Crippen LogP) is 4.34. The summed E-state index contributed by atoms with van der Waals surface area (Å²) < 4.78 is 72.7. The molecule has 0 saturated heterocycles. The van der Waals surface area contributed by atoms with Gasteiger partial charge in [0.05, 0.1) is 31.8 Å². The Labute approximate surface area is 201 Å². The van der Waals surface area contributed by atoms with Crippen LogP contribution < -0.4 is 10.3 Å². The minimum atomic E-state index is -4.88. The molecule has 3 aromatic rings. The van der Waals surface area contributed by atoms with Gasteiger partial charge < -0.3 is 9.72 Å². The maximum absolute atomic E-state index is 13.2. The number of anilines is 1. The number of rotatable bonds is 7. The number of halogens is 5. The van der Waals surface area contributed by atoms with E-state index in [0.29, 0.717) is 6.07 Å². The van der Waals surface area contributed by atoms with E-state index >= 15 is 0 Å². The lowest BCUT2D eigenvalue weighted by Gasteiger charge is -2.15. The van der Waals surface area contributed by atoms with E-state index in [4.69, 9.17) is 27.9 Å². The van der Waals surface area contributed by atoms with Crippen molar-refractivity contribution in [3.05, 3.63) is 86.0 Å². The number of aliphatic imine (C=N–C) groups is 1. The lowest BCUT2D eigenvalue weighted by molar-refractivity contribution is -0.137. The number of pyridine rings is 2. The van der Waals surface area contributed by atoms with Crippen LogP contribution >= 0.6 is 23.2 Å². The van der Waals surface area contributed by atoms with Gasteiger partial charge in [-0.15, -0.1) is 0 Å². The van der Waals surface area contributed by atoms with Crippen LogP contribution in [0.3, 0.4) is 0 Å². The highest BCUT2D eigenvalue weighted by molar-refractivity contribution is 7.92. The third-order valence-corrected chi connectivity index (χ3v) is 6.20. The molecule has 34 heavy (non-hydrogen) atoms. The number of sulfonamides is 1. The Balaban J connectivity index is 2.14. The lowest BCUT2D eigenvalue weighted by atomic mass is 10.1. The number of methoxy groups -OCH3 is 1. The van der Waals surface area contributed by atoms with Gasteiger partial charge in [-0.05, 0) is 36.4 Å². The van der Waals surface area contributed by atoms with Crippen LogP contribution in [-0.4, -0.2) is 37.9 Å². The van der Waals surface area contributed by atoms with Crippen molar-refractivity contribution in [3.63, 3.8) is 0 Å². The molecule has 1 aromatic carbocycles. The Kier molecular flexibility index (Phi) is 7.66. The molecule has 14 heteroatoms. The average Bonchev–Trinajstić information content (AvgIpc) is 2.75. The number of aromatic nitrogens is 2. The molecule has 0 aliphatic rings. The smallest absolute Gasteiger partial charge is 0.363 e. The average molecular weight is 535 g/mol. The van der Waals surface area contributed by atoms with Crippen molar-refractivity contribution in [2.45, 2.75) is 11.1 Å². The number of benzene rings is 1. The molecule has 0 aliphatic heterocycles. The fraction of sp³-hybridized carbons (Fsp3) is 0.150. The number of H-pyrrole nitrogens is 1. The van der Waals surface area contributed by atoms with Crippen molar-refractivity contribution >= 4 is 44.6 Å². The maximum atomic E-state index is 13.2. The molecule has 3 rings (SSSR count). The Morgan fingerprint density at radius 2 is 1.97 bits per heavy atom. The summed E-state index contributed by atoms with van der Waals surface area (Å²) in [4.78, 5) is 22.4. The van der Waals surface area contributed by atoms with Gasteiger partial charge in [0.2, 0.25) is 0 Å². The Bertz CT molecular complexity index is 1410. The summed E-state index contributed by atoms with van der Waals surface area (Å²) in [5.74, 6) is 0. The third kappa shape index (κ3) is 5.76. The Hall–Kier alpha value is -2.93. The number of nitrogens with zero attached hydrogens (tertiary/aromatic N) is 2. The van der Waals surface area contributed by atoms with Crippen LogP contribution in [0.5, 0.6) is 0 Å². The van der Waals surface area contributed by atoms with Gasteiger partial charge in [-0.3, -0.25) is 19.5 Å². The van der Waals surface area contributed by atoms with E-state index < -0.39 is 37.2 Å². The summed E-state index contributed by atoms with van der Waals surface area (Å²) in [6, 6.07) is 6.28. The van der Waals surface area contributed by atoms with E-state index in [1.165, 1.54) is 37.7 Å². The number of hydrogen-bond donors (Lipinski definition) is 2. The van der Waals surface area contributed by atoms with Gasteiger partial charge in [-0.2, -0.15) is 13.2 Å². The van der Waals surface area contributed by atoms with Crippen LogP contribution in [0.25, 0.3) is 0 Å². The molecule has 0 amide bonds. The van der Waals surface area contributed by atoms with E-state index in [-0.39, 0.29) is 34.4 Å². The molecular formula is C20H15Cl2F3N4O4S. The number of hydrogen-bond acceptors (Lipinski definition) is 6. The molecule has 0 bridgehead atoms. The summed E-state index contributed by atoms with van der Waals surface area (Å²) >= 11 is 11.6. The highest BCUT2D eigenvalue weighted by Gasteiger charge is 2.34. The van der Waals surface area contributed by atoms with Crippen LogP contribution in [-0.2, 0) is 20.9 Å². The summed E-state index contributed by atoms with van der Waals surface area (Å²) in [6.45, 7) is -0.202. The van der Waals surface area contributed by atoms with Crippen molar-refractivity contribution < 1.29 is 26.3 Å². The van der Waals surface area contributed by atoms with Gasteiger partial charge in [0.25, 0.3) is 15.6 Å². The third-order valence-electron chi connectivity index (χ3n) is 4.30. The molecule has 8 nitrogen and oxygen atoms in total. The van der Waals surface area contributed by atoms with E-state index in [2.05, 4.69) is 19.7 Å². The molecule has 0 spiro atoms. The van der Waals surface area contributed by atoms with Crippen molar-refractivity contribution in [1.29, 1.82) is 0 Å². The second-order valence-corrected chi connectivity index (χ2v) is 9.16. The molecule has 180 valence electrons. The van der Waals surface area contributed by atoms with E-state index in [1.807, 2.05) is 0 Å². The van der Waals surface area contributed by atoms with Gasteiger partial charge >= 0.3 is 6.18 Å². The van der Waals surface area contributed by atoms with Gasteiger partial charge in [-0.25, -0.2) is 8.42 Å². The quantitative estimate of drug-likeness (QED) is 0.437. The van der Waals surface area contributed by atoms with Crippen molar-refractivity contribution in [1.82, 2.24) is 9.97 Å². The summed E-state index contributed by atoms with van der Waals surface area (Å²) in [5, 5.41) is -0.643. The minimum Gasteiger partial charge on any atom is -0.363 e. The topological polar surface area (TPSA) is 114 Å². The van der Waals surface area contributed by atoms with Gasteiger partial charge in [0.15, 0.2) is 0 Å². The first-order valence-electron chi connectivity index (χ1n) is 9.21. The molecule has 0 fully saturated rings. The zero-order valence-electron chi connectivity index (χ0n) is 17.2. The first-order valence-corrected chi connectivity index (χ1v) is 11.4. The number of nitrogens with one attached hydrogen (secondary N) is 2. The normalized spacial score (nSPS) is 12.6. The van der Waals surface area contributed by atoms with Crippen LogP contribution in [0, 0.1) is 0 Å². The minimum absolute atomic E-state index is 0.0154. The summed E-state index contributed by atoms with van der Waals surface area (Å²) in [5.41, 5.74) is -2.19. The second-order valence-electron chi connectivity index (χ2n) is 6.63. The molecule has 2 heterocycles.